The molecular formula is C22H20N2O6. The highest BCUT2D eigenvalue weighted by molar-refractivity contribution is 6.32. The summed E-state index contributed by atoms with van der Waals surface area (Å²) in [5.41, 5.74) is 5.55. The zero-order chi connectivity index (χ0) is 21.7. The Hall–Kier alpha value is -3.52. The summed E-state index contributed by atoms with van der Waals surface area (Å²) in [6.45, 7) is 1.16. The normalized spacial score (nSPS) is 17.1. The van der Waals surface area contributed by atoms with Crippen LogP contribution in [0.1, 0.15) is 56.3 Å². The average Bonchev–Trinajstić information content (AvgIpc) is 2.73. The Kier molecular flexibility index (Phi) is 4.66. The van der Waals surface area contributed by atoms with E-state index < -0.39 is 17.5 Å². The van der Waals surface area contributed by atoms with E-state index in [1.807, 2.05) is 0 Å². The van der Waals surface area contributed by atoms with Gasteiger partial charge in [0, 0.05) is 22.6 Å². The highest BCUT2D eigenvalue weighted by Crippen LogP contribution is 2.47. The van der Waals surface area contributed by atoms with Crippen LogP contribution in [0.2, 0.25) is 0 Å². The SMILES string of the molecule is CC(=O)[C@H]1CCc2c(O)c3c(c(O)c2C1)C(=O)c1cccc(NC(=O)CN)c1C3=O. The van der Waals surface area contributed by atoms with Gasteiger partial charge < -0.3 is 21.3 Å². The summed E-state index contributed by atoms with van der Waals surface area (Å²) < 4.78 is 0. The Morgan fingerprint density at radius 1 is 1.07 bits per heavy atom. The number of fused-ring (bicyclic) bond motifs is 3. The first-order chi connectivity index (χ1) is 14.3. The fraction of sp³-hybridized carbons (Fsp3) is 0.273. The molecule has 0 unspecified atom stereocenters. The molecule has 0 aliphatic heterocycles. The van der Waals surface area contributed by atoms with E-state index in [4.69, 9.17) is 5.73 Å². The van der Waals surface area contributed by atoms with E-state index in [-0.39, 0.29) is 64.1 Å². The fourth-order valence-electron chi connectivity index (χ4n) is 4.32. The third-order valence-corrected chi connectivity index (χ3v) is 5.88. The number of nitrogens with two attached hydrogens (primary N) is 1. The van der Waals surface area contributed by atoms with Gasteiger partial charge >= 0.3 is 0 Å². The van der Waals surface area contributed by atoms with Gasteiger partial charge in [0.05, 0.1) is 28.9 Å². The van der Waals surface area contributed by atoms with Crippen LogP contribution in [-0.4, -0.2) is 40.0 Å². The molecule has 30 heavy (non-hydrogen) atoms. The molecule has 0 spiro atoms. The van der Waals surface area contributed by atoms with Crippen LogP contribution in [0.5, 0.6) is 11.5 Å². The van der Waals surface area contributed by atoms with Crippen LogP contribution in [0.4, 0.5) is 5.69 Å². The van der Waals surface area contributed by atoms with Crippen molar-refractivity contribution in [3.05, 3.63) is 51.6 Å². The number of nitrogens with one attached hydrogen (secondary N) is 1. The number of hydrogen-bond acceptors (Lipinski definition) is 7. The predicted octanol–water partition coefficient (Wildman–Crippen LogP) is 1.46. The molecule has 8 heteroatoms. The van der Waals surface area contributed by atoms with Crippen molar-refractivity contribution in [3.8, 4) is 11.5 Å². The van der Waals surface area contributed by atoms with Gasteiger partial charge in [-0.15, -0.1) is 0 Å². The molecule has 4 rings (SSSR count). The number of carbonyl (C=O) groups excluding carboxylic acids is 4. The van der Waals surface area contributed by atoms with E-state index in [1.165, 1.54) is 25.1 Å². The van der Waals surface area contributed by atoms with Gasteiger partial charge in [-0.05, 0) is 32.3 Å². The molecule has 2 aliphatic carbocycles. The number of phenolic OH excluding ortho intramolecular Hbond substituents is 2. The number of benzene rings is 2. The van der Waals surface area contributed by atoms with Gasteiger partial charge in [-0.2, -0.15) is 0 Å². The zero-order valence-electron chi connectivity index (χ0n) is 16.2. The molecule has 2 aromatic rings. The topological polar surface area (TPSA) is 147 Å². The fourth-order valence-corrected chi connectivity index (χ4v) is 4.32. The van der Waals surface area contributed by atoms with Crippen molar-refractivity contribution in [2.45, 2.75) is 26.2 Å². The smallest absolute Gasteiger partial charge is 0.238 e. The maximum atomic E-state index is 13.3. The van der Waals surface area contributed by atoms with E-state index >= 15 is 0 Å². The molecule has 0 fully saturated rings. The number of rotatable bonds is 3. The largest absolute Gasteiger partial charge is 0.507 e. The number of phenols is 2. The highest BCUT2D eigenvalue weighted by atomic mass is 16.3. The first-order valence-corrected chi connectivity index (χ1v) is 9.58. The van der Waals surface area contributed by atoms with Gasteiger partial charge in [-0.25, -0.2) is 0 Å². The van der Waals surface area contributed by atoms with Crippen molar-refractivity contribution >= 4 is 28.9 Å². The van der Waals surface area contributed by atoms with Crippen LogP contribution < -0.4 is 11.1 Å². The van der Waals surface area contributed by atoms with Crippen molar-refractivity contribution in [2.75, 3.05) is 11.9 Å². The number of Topliss-reactive ketones (excluding diaryl/α,β-unsaturated/α-hetero) is 1. The maximum Gasteiger partial charge on any atom is 0.238 e. The second-order valence-corrected chi connectivity index (χ2v) is 7.59. The Morgan fingerprint density at radius 2 is 1.73 bits per heavy atom. The summed E-state index contributed by atoms with van der Waals surface area (Å²) in [5, 5.41) is 24.3. The molecule has 0 saturated carbocycles. The third kappa shape index (κ3) is 2.80. The van der Waals surface area contributed by atoms with Crippen LogP contribution in [0.3, 0.4) is 0 Å². The van der Waals surface area contributed by atoms with Crippen molar-refractivity contribution < 1.29 is 29.4 Å². The van der Waals surface area contributed by atoms with Crippen LogP contribution in [-0.2, 0) is 22.4 Å². The second-order valence-electron chi connectivity index (χ2n) is 7.59. The minimum Gasteiger partial charge on any atom is -0.507 e. The van der Waals surface area contributed by atoms with E-state index in [2.05, 4.69) is 5.32 Å². The standard InChI is InChI=1S/C22H20N2O6/c1-9(25)10-5-6-11-13(7-10)21(29)17-18(19(11)27)22(30)16-12(20(17)28)3-2-4-14(16)24-15(26)8-23/h2-4,10,27,29H,5-8,23H2,1H3,(H,24,26)/t10-/m0/s1. The molecule has 1 atom stereocenters. The molecule has 0 radical (unpaired) electrons. The van der Waals surface area contributed by atoms with Crippen molar-refractivity contribution in [1.29, 1.82) is 0 Å². The van der Waals surface area contributed by atoms with Gasteiger partial charge in [0.15, 0.2) is 11.6 Å². The number of carbonyl (C=O) groups is 4. The Morgan fingerprint density at radius 3 is 2.40 bits per heavy atom. The molecule has 1 amide bonds. The molecule has 0 aromatic heterocycles. The molecular weight excluding hydrogens is 388 g/mol. The minimum atomic E-state index is -0.670. The monoisotopic (exact) mass is 408 g/mol. The molecule has 0 saturated heterocycles. The van der Waals surface area contributed by atoms with Gasteiger partial charge in [0.2, 0.25) is 5.91 Å². The summed E-state index contributed by atoms with van der Waals surface area (Å²) >= 11 is 0. The lowest BCUT2D eigenvalue weighted by atomic mass is 9.75. The Balaban J connectivity index is 1.93. The maximum absolute atomic E-state index is 13.3. The van der Waals surface area contributed by atoms with E-state index in [0.29, 0.717) is 24.0 Å². The summed E-state index contributed by atoms with van der Waals surface area (Å²) in [5.74, 6) is -2.93. The summed E-state index contributed by atoms with van der Waals surface area (Å²) in [6, 6.07) is 4.39. The lowest BCUT2D eigenvalue weighted by molar-refractivity contribution is -0.121. The number of anilines is 1. The van der Waals surface area contributed by atoms with E-state index in [9.17, 15) is 29.4 Å². The Bertz CT molecular complexity index is 1150. The molecule has 0 heterocycles. The van der Waals surface area contributed by atoms with Crippen molar-refractivity contribution in [1.82, 2.24) is 0 Å². The molecule has 5 N–H and O–H groups in total. The highest BCUT2D eigenvalue weighted by Gasteiger charge is 2.40. The van der Waals surface area contributed by atoms with Gasteiger partial charge in [-0.1, -0.05) is 12.1 Å². The minimum absolute atomic E-state index is 0.0101. The first kappa shape index (κ1) is 19.8. The number of ketones is 3. The van der Waals surface area contributed by atoms with Gasteiger partial charge in [0.25, 0.3) is 0 Å². The summed E-state index contributed by atoms with van der Waals surface area (Å²) in [4.78, 5) is 50.1. The lowest BCUT2D eigenvalue weighted by Gasteiger charge is -2.29. The molecule has 154 valence electrons. The van der Waals surface area contributed by atoms with Gasteiger partial charge in [0.1, 0.15) is 17.3 Å². The number of amides is 1. The Labute approximate surface area is 171 Å². The molecule has 0 bridgehead atoms. The van der Waals surface area contributed by atoms with Crippen LogP contribution >= 0.6 is 0 Å². The second kappa shape index (κ2) is 7.07. The van der Waals surface area contributed by atoms with Crippen LogP contribution in [0.15, 0.2) is 18.2 Å². The predicted molar refractivity (Wildman–Crippen MR) is 107 cm³/mol. The number of hydrogen-bond donors (Lipinski definition) is 4. The zero-order valence-corrected chi connectivity index (χ0v) is 16.2. The van der Waals surface area contributed by atoms with Crippen molar-refractivity contribution in [2.24, 2.45) is 11.7 Å². The molecule has 8 nitrogen and oxygen atoms in total. The molecule has 2 aliphatic rings. The number of aromatic hydroxyl groups is 2. The summed E-state index contributed by atoms with van der Waals surface area (Å²) in [6.07, 6.45) is 0.967. The van der Waals surface area contributed by atoms with E-state index in [0.717, 1.165) is 0 Å². The van der Waals surface area contributed by atoms with Crippen molar-refractivity contribution in [3.63, 3.8) is 0 Å². The van der Waals surface area contributed by atoms with E-state index in [1.54, 1.807) is 0 Å². The van der Waals surface area contributed by atoms with Crippen LogP contribution in [0.25, 0.3) is 0 Å². The first-order valence-electron chi connectivity index (χ1n) is 9.58. The summed E-state index contributed by atoms with van der Waals surface area (Å²) in [7, 11) is 0. The van der Waals surface area contributed by atoms with Crippen LogP contribution in [0, 0.1) is 5.92 Å². The van der Waals surface area contributed by atoms with Gasteiger partial charge in [-0.3, -0.25) is 19.2 Å². The quantitative estimate of drug-likeness (QED) is 0.480. The third-order valence-electron chi connectivity index (χ3n) is 5.88. The average molecular weight is 408 g/mol. The molecule has 2 aromatic carbocycles. The lowest BCUT2D eigenvalue weighted by Crippen LogP contribution is -2.28.